The van der Waals surface area contributed by atoms with Gasteiger partial charge in [0, 0.05) is 18.5 Å². The minimum atomic E-state index is -0.528. The fourth-order valence-electron chi connectivity index (χ4n) is 1.61. The molecule has 0 aliphatic rings. The topological polar surface area (TPSA) is 76.7 Å². The molecule has 2 atom stereocenters. The molecule has 0 radical (unpaired) electrons. The third kappa shape index (κ3) is 5.43. The van der Waals surface area contributed by atoms with Gasteiger partial charge in [-0.25, -0.2) is 4.79 Å². The molecule has 0 saturated heterocycles. The molecule has 2 N–H and O–H groups in total. The average Bonchev–Trinajstić information content (AvgIpc) is 2.46. The Hall–Kier alpha value is -2.08. The average molecular weight is 294 g/mol. The van der Waals surface area contributed by atoms with E-state index in [1.807, 2.05) is 6.07 Å². The number of hydrogen-bond donors (Lipinski definition) is 2. The Kier molecular flexibility index (Phi) is 6.68. The number of methoxy groups -OCH3 is 1. The highest BCUT2D eigenvalue weighted by Gasteiger charge is 2.14. The van der Waals surface area contributed by atoms with Gasteiger partial charge in [0.1, 0.15) is 12.1 Å². The predicted molar refractivity (Wildman–Crippen MR) is 81.3 cm³/mol. The molecular formula is C15H22N2O4. The first kappa shape index (κ1) is 17.0. The molecule has 116 valence electrons. The number of amides is 1. The van der Waals surface area contributed by atoms with E-state index >= 15 is 0 Å². The highest BCUT2D eigenvalue weighted by atomic mass is 16.5. The van der Waals surface area contributed by atoms with E-state index in [1.54, 1.807) is 39.0 Å². The first-order valence-corrected chi connectivity index (χ1v) is 6.84. The van der Waals surface area contributed by atoms with E-state index in [9.17, 15) is 9.59 Å². The second-order valence-corrected chi connectivity index (χ2v) is 4.57. The maximum Gasteiger partial charge on any atom is 0.328 e. The van der Waals surface area contributed by atoms with Crippen LogP contribution in [-0.2, 0) is 19.1 Å². The summed E-state index contributed by atoms with van der Waals surface area (Å²) in [5.41, 5.74) is 1.35. The lowest BCUT2D eigenvalue weighted by molar-refractivity contribution is -0.143. The van der Waals surface area contributed by atoms with E-state index in [0.29, 0.717) is 12.3 Å². The van der Waals surface area contributed by atoms with Gasteiger partial charge in [-0.15, -0.1) is 0 Å². The van der Waals surface area contributed by atoms with Gasteiger partial charge < -0.3 is 20.1 Å². The molecule has 21 heavy (non-hydrogen) atoms. The molecule has 1 amide bonds. The van der Waals surface area contributed by atoms with E-state index in [0.717, 1.165) is 5.69 Å². The van der Waals surface area contributed by atoms with Crippen LogP contribution in [0.1, 0.15) is 20.8 Å². The smallest absolute Gasteiger partial charge is 0.328 e. The molecule has 6 heteroatoms. The SMILES string of the molecule is CCOC(=O)C(C)Nc1cccc(NC(=O)C(C)OC)c1. The number of nitrogens with one attached hydrogen (secondary N) is 2. The van der Waals surface area contributed by atoms with Gasteiger partial charge in [0.05, 0.1) is 6.61 Å². The molecule has 0 saturated carbocycles. The minimum Gasteiger partial charge on any atom is -0.464 e. The summed E-state index contributed by atoms with van der Waals surface area (Å²) in [7, 11) is 1.48. The van der Waals surface area contributed by atoms with Crippen molar-refractivity contribution >= 4 is 23.3 Å². The zero-order chi connectivity index (χ0) is 15.8. The summed E-state index contributed by atoms with van der Waals surface area (Å²) >= 11 is 0. The van der Waals surface area contributed by atoms with E-state index < -0.39 is 12.1 Å². The van der Waals surface area contributed by atoms with Crippen molar-refractivity contribution in [2.75, 3.05) is 24.4 Å². The Bertz CT molecular complexity index is 490. The van der Waals surface area contributed by atoms with E-state index in [2.05, 4.69) is 10.6 Å². The van der Waals surface area contributed by atoms with Crippen molar-refractivity contribution in [3.63, 3.8) is 0 Å². The summed E-state index contributed by atoms with van der Waals surface area (Å²) in [6.07, 6.45) is -0.528. The van der Waals surface area contributed by atoms with Crippen molar-refractivity contribution in [1.82, 2.24) is 0 Å². The van der Waals surface area contributed by atoms with Crippen molar-refractivity contribution in [3.05, 3.63) is 24.3 Å². The lowest BCUT2D eigenvalue weighted by Gasteiger charge is -2.15. The van der Waals surface area contributed by atoms with Crippen molar-refractivity contribution in [2.45, 2.75) is 32.9 Å². The summed E-state index contributed by atoms with van der Waals surface area (Å²) in [6, 6.07) is 6.64. The monoisotopic (exact) mass is 294 g/mol. The molecule has 1 aromatic rings. The molecule has 0 heterocycles. The quantitative estimate of drug-likeness (QED) is 0.752. The van der Waals surface area contributed by atoms with Crippen LogP contribution in [0.25, 0.3) is 0 Å². The molecule has 1 aromatic carbocycles. The third-order valence-corrected chi connectivity index (χ3v) is 2.88. The maximum absolute atomic E-state index is 11.7. The summed E-state index contributed by atoms with van der Waals surface area (Å²) < 4.78 is 9.88. The molecular weight excluding hydrogens is 272 g/mol. The van der Waals surface area contributed by atoms with Crippen molar-refractivity contribution < 1.29 is 19.1 Å². The van der Waals surface area contributed by atoms with E-state index in [4.69, 9.17) is 9.47 Å². The molecule has 0 fully saturated rings. The summed E-state index contributed by atoms with van der Waals surface area (Å²) in [6.45, 7) is 5.49. The highest BCUT2D eigenvalue weighted by molar-refractivity contribution is 5.94. The highest BCUT2D eigenvalue weighted by Crippen LogP contribution is 2.16. The number of esters is 1. The number of carbonyl (C=O) groups is 2. The van der Waals surface area contributed by atoms with Gasteiger partial charge in [-0.3, -0.25) is 4.79 Å². The van der Waals surface area contributed by atoms with Crippen molar-refractivity contribution in [3.8, 4) is 0 Å². The van der Waals surface area contributed by atoms with Crippen molar-refractivity contribution in [2.24, 2.45) is 0 Å². The fraction of sp³-hybridized carbons (Fsp3) is 0.467. The van der Waals surface area contributed by atoms with Gasteiger partial charge in [0.25, 0.3) is 5.91 Å². The van der Waals surface area contributed by atoms with Gasteiger partial charge in [0.2, 0.25) is 0 Å². The van der Waals surface area contributed by atoms with Crippen LogP contribution in [0.3, 0.4) is 0 Å². The lowest BCUT2D eigenvalue weighted by atomic mass is 10.2. The molecule has 1 rings (SSSR count). The fourth-order valence-corrected chi connectivity index (χ4v) is 1.61. The molecule has 0 aromatic heterocycles. The normalized spacial score (nSPS) is 13.1. The number of hydrogen-bond acceptors (Lipinski definition) is 5. The predicted octanol–water partition coefficient (Wildman–Crippen LogP) is 2.02. The van der Waals surface area contributed by atoms with Crippen LogP contribution >= 0.6 is 0 Å². The Morgan fingerprint density at radius 1 is 1.24 bits per heavy atom. The number of anilines is 2. The maximum atomic E-state index is 11.7. The van der Waals surface area contributed by atoms with Crippen LogP contribution in [0.5, 0.6) is 0 Å². The molecule has 6 nitrogen and oxygen atoms in total. The van der Waals surface area contributed by atoms with Gasteiger partial charge in [-0.2, -0.15) is 0 Å². The molecule has 2 unspecified atom stereocenters. The number of carbonyl (C=O) groups excluding carboxylic acids is 2. The Labute approximate surface area is 124 Å². The van der Waals surface area contributed by atoms with Gasteiger partial charge in [0.15, 0.2) is 0 Å². The van der Waals surface area contributed by atoms with E-state index in [1.165, 1.54) is 7.11 Å². The molecule has 0 spiro atoms. The summed E-state index contributed by atoms with van der Waals surface area (Å²) in [5.74, 6) is -0.548. The van der Waals surface area contributed by atoms with Gasteiger partial charge in [-0.1, -0.05) is 6.07 Å². The molecule has 0 bridgehead atoms. The molecule has 0 aliphatic heterocycles. The van der Waals surface area contributed by atoms with Crippen LogP contribution < -0.4 is 10.6 Å². The van der Waals surface area contributed by atoms with Gasteiger partial charge in [-0.05, 0) is 39.0 Å². The Morgan fingerprint density at radius 2 is 1.90 bits per heavy atom. The standard InChI is InChI=1S/C15H22N2O4/c1-5-21-15(19)10(2)16-12-7-6-8-13(9-12)17-14(18)11(3)20-4/h6-11,16H,5H2,1-4H3,(H,17,18). The van der Waals surface area contributed by atoms with E-state index in [-0.39, 0.29) is 11.9 Å². The first-order chi connectivity index (χ1) is 9.97. The Balaban J connectivity index is 2.68. The number of rotatable bonds is 7. The van der Waals surface area contributed by atoms with Crippen LogP contribution in [-0.4, -0.2) is 37.7 Å². The summed E-state index contributed by atoms with van der Waals surface area (Å²) in [4.78, 5) is 23.3. The zero-order valence-electron chi connectivity index (χ0n) is 12.8. The number of ether oxygens (including phenoxy) is 2. The number of benzene rings is 1. The second-order valence-electron chi connectivity index (χ2n) is 4.57. The largest absolute Gasteiger partial charge is 0.464 e. The first-order valence-electron chi connectivity index (χ1n) is 6.84. The van der Waals surface area contributed by atoms with Crippen LogP contribution in [0.2, 0.25) is 0 Å². The third-order valence-electron chi connectivity index (χ3n) is 2.88. The van der Waals surface area contributed by atoms with Crippen LogP contribution in [0.15, 0.2) is 24.3 Å². The zero-order valence-corrected chi connectivity index (χ0v) is 12.8. The lowest BCUT2D eigenvalue weighted by Crippen LogP contribution is -2.28. The summed E-state index contributed by atoms with van der Waals surface area (Å²) in [5, 5.41) is 5.77. The van der Waals surface area contributed by atoms with Crippen molar-refractivity contribution in [1.29, 1.82) is 0 Å². The minimum absolute atomic E-state index is 0.229. The Morgan fingerprint density at radius 3 is 2.52 bits per heavy atom. The second kappa shape index (κ2) is 8.26. The molecule has 0 aliphatic carbocycles. The van der Waals surface area contributed by atoms with Crippen LogP contribution in [0, 0.1) is 0 Å². The van der Waals surface area contributed by atoms with Crippen LogP contribution in [0.4, 0.5) is 11.4 Å². The van der Waals surface area contributed by atoms with Gasteiger partial charge >= 0.3 is 5.97 Å².